The van der Waals surface area contributed by atoms with Gasteiger partial charge in [-0.25, -0.2) is 4.79 Å². The van der Waals surface area contributed by atoms with Crippen molar-refractivity contribution in [1.82, 2.24) is 10.1 Å². The van der Waals surface area contributed by atoms with E-state index in [-0.39, 0.29) is 12.1 Å². The van der Waals surface area contributed by atoms with Gasteiger partial charge in [0.05, 0.1) is 6.04 Å². The minimum atomic E-state index is -0.499. The number of rotatable bonds is 2. The molecule has 1 saturated heterocycles. The van der Waals surface area contributed by atoms with Crippen molar-refractivity contribution in [2.75, 3.05) is 6.54 Å². The first-order valence-electron chi connectivity index (χ1n) is 7.96. The largest absolute Gasteiger partial charge is 0.444 e. The third-order valence-electron chi connectivity index (χ3n) is 3.81. The smallest absolute Gasteiger partial charge is 0.410 e. The lowest BCUT2D eigenvalue weighted by Crippen LogP contribution is -2.36. The number of ether oxygens (including phenoxy) is 1. The normalized spacial score (nSPS) is 18.2. The van der Waals surface area contributed by atoms with E-state index in [0.29, 0.717) is 12.3 Å². The summed E-state index contributed by atoms with van der Waals surface area (Å²) in [6, 6.07) is 11.7. The van der Waals surface area contributed by atoms with E-state index >= 15 is 0 Å². The molecule has 0 radical (unpaired) electrons. The fourth-order valence-corrected chi connectivity index (χ4v) is 2.79. The molecule has 1 aromatic heterocycles. The van der Waals surface area contributed by atoms with Crippen LogP contribution in [0.15, 0.2) is 40.9 Å². The predicted molar refractivity (Wildman–Crippen MR) is 86.9 cm³/mol. The summed E-state index contributed by atoms with van der Waals surface area (Å²) in [6.07, 6.45) is 1.51. The van der Waals surface area contributed by atoms with Crippen molar-refractivity contribution in [2.45, 2.75) is 45.3 Å². The second-order valence-corrected chi connectivity index (χ2v) is 6.81. The molecule has 1 aromatic carbocycles. The number of nitrogens with zero attached hydrogens (tertiary/aromatic N) is 2. The van der Waals surface area contributed by atoms with Gasteiger partial charge < -0.3 is 9.26 Å². The highest BCUT2D eigenvalue weighted by molar-refractivity contribution is 5.69. The number of aromatic nitrogens is 1. The molecule has 5 heteroatoms. The molecule has 0 spiro atoms. The minimum Gasteiger partial charge on any atom is -0.444 e. The van der Waals surface area contributed by atoms with E-state index in [9.17, 15) is 4.79 Å². The first kappa shape index (κ1) is 15.6. The molecule has 1 atom stereocenters. The third-order valence-corrected chi connectivity index (χ3v) is 3.81. The molecule has 0 bridgehead atoms. The standard InChI is InChI=1S/C18H22N2O3/c1-18(2,3)22-17(21)20-11-7-10-15(20)16-12-14(19-23-16)13-8-5-4-6-9-13/h4-6,8-9,12,15H,7,10-11H2,1-3H3. The van der Waals surface area contributed by atoms with Crippen LogP contribution >= 0.6 is 0 Å². The van der Waals surface area contributed by atoms with Crippen LogP contribution in [0.2, 0.25) is 0 Å². The SMILES string of the molecule is CC(C)(C)OC(=O)N1CCCC1c1cc(-c2ccccc2)no1. The number of carbonyl (C=O) groups is 1. The van der Waals surface area contributed by atoms with E-state index in [4.69, 9.17) is 9.26 Å². The van der Waals surface area contributed by atoms with Crippen LogP contribution in [0.1, 0.15) is 45.4 Å². The first-order valence-corrected chi connectivity index (χ1v) is 7.96. The molecule has 5 nitrogen and oxygen atoms in total. The molecule has 1 fully saturated rings. The van der Waals surface area contributed by atoms with E-state index in [1.807, 2.05) is 57.2 Å². The van der Waals surface area contributed by atoms with Crippen LogP contribution < -0.4 is 0 Å². The zero-order valence-corrected chi connectivity index (χ0v) is 13.8. The summed E-state index contributed by atoms with van der Waals surface area (Å²) in [5.41, 5.74) is 1.29. The van der Waals surface area contributed by atoms with E-state index in [2.05, 4.69) is 5.16 Å². The monoisotopic (exact) mass is 314 g/mol. The van der Waals surface area contributed by atoms with Crippen molar-refractivity contribution >= 4 is 6.09 Å². The zero-order valence-electron chi connectivity index (χ0n) is 13.8. The van der Waals surface area contributed by atoms with E-state index in [0.717, 1.165) is 24.1 Å². The molecular formula is C18H22N2O3. The van der Waals surface area contributed by atoms with Gasteiger partial charge in [0.25, 0.3) is 0 Å². The summed E-state index contributed by atoms with van der Waals surface area (Å²) in [5, 5.41) is 4.15. The second-order valence-electron chi connectivity index (χ2n) is 6.81. The topological polar surface area (TPSA) is 55.6 Å². The summed E-state index contributed by atoms with van der Waals surface area (Å²) < 4.78 is 11.0. The second kappa shape index (κ2) is 6.07. The fourth-order valence-electron chi connectivity index (χ4n) is 2.79. The Morgan fingerprint density at radius 2 is 2.04 bits per heavy atom. The van der Waals surface area contributed by atoms with Gasteiger partial charge >= 0.3 is 6.09 Å². The molecule has 2 aromatic rings. The Labute approximate surface area is 136 Å². The maximum Gasteiger partial charge on any atom is 0.410 e. The highest BCUT2D eigenvalue weighted by Crippen LogP contribution is 2.34. The van der Waals surface area contributed by atoms with Crippen molar-refractivity contribution in [2.24, 2.45) is 0 Å². The van der Waals surface area contributed by atoms with Crippen LogP contribution in [-0.4, -0.2) is 28.3 Å². The molecule has 1 aliphatic heterocycles. The maximum absolute atomic E-state index is 12.4. The molecule has 1 aliphatic rings. The molecule has 0 aliphatic carbocycles. The maximum atomic E-state index is 12.4. The summed E-state index contributed by atoms with van der Waals surface area (Å²) in [6.45, 7) is 6.30. The Morgan fingerprint density at radius 3 is 2.74 bits per heavy atom. The van der Waals surface area contributed by atoms with Crippen LogP contribution in [-0.2, 0) is 4.74 Å². The first-order chi connectivity index (χ1) is 10.9. The lowest BCUT2D eigenvalue weighted by atomic mass is 10.1. The van der Waals surface area contributed by atoms with Crippen LogP contribution in [0.25, 0.3) is 11.3 Å². The lowest BCUT2D eigenvalue weighted by molar-refractivity contribution is 0.0204. The van der Waals surface area contributed by atoms with Crippen molar-refractivity contribution < 1.29 is 14.1 Å². The van der Waals surface area contributed by atoms with Gasteiger partial charge in [-0.05, 0) is 33.6 Å². The quantitative estimate of drug-likeness (QED) is 0.823. The molecule has 0 N–H and O–H groups in total. The molecule has 0 saturated carbocycles. The Bertz CT molecular complexity index is 673. The van der Waals surface area contributed by atoms with Crippen molar-refractivity contribution in [1.29, 1.82) is 0 Å². The van der Waals surface area contributed by atoms with Gasteiger partial charge in [0, 0.05) is 18.2 Å². The minimum absolute atomic E-state index is 0.102. The van der Waals surface area contributed by atoms with Crippen LogP contribution in [0.5, 0.6) is 0 Å². The molecular weight excluding hydrogens is 292 g/mol. The van der Waals surface area contributed by atoms with Crippen LogP contribution in [0.3, 0.4) is 0 Å². The number of hydrogen-bond donors (Lipinski definition) is 0. The van der Waals surface area contributed by atoms with Gasteiger partial charge in [0.1, 0.15) is 11.3 Å². The highest BCUT2D eigenvalue weighted by atomic mass is 16.6. The molecule has 122 valence electrons. The molecule has 2 heterocycles. The van der Waals surface area contributed by atoms with Crippen molar-refractivity contribution in [3.63, 3.8) is 0 Å². The molecule has 23 heavy (non-hydrogen) atoms. The number of carbonyl (C=O) groups excluding carboxylic acids is 1. The predicted octanol–water partition coefficient (Wildman–Crippen LogP) is 4.41. The van der Waals surface area contributed by atoms with Gasteiger partial charge in [-0.15, -0.1) is 0 Å². The van der Waals surface area contributed by atoms with Crippen LogP contribution in [0.4, 0.5) is 4.79 Å². The Balaban J connectivity index is 1.78. The number of benzene rings is 1. The molecule has 1 unspecified atom stereocenters. The van der Waals surface area contributed by atoms with Crippen molar-refractivity contribution in [3.8, 4) is 11.3 Å². The lowest BCUT2D eigenvalue weighted by Gasteiger charge is -2.27. The van der Waals surface area contributed by atoms with Gasteiger partial charge in [0.2, 0.25) is 0 Å². The summed E-state index contributed by atoms with van der Waals surface area (Å²) in [4.78, 5) is 14.1. The average molecular weight is 314 g/mol. The van der Waals surface area contributed by atoms with Crippen LogP contribution in [0, 0.1) is 0 Å². The van der Waals surface area contributed by atoms with E-state index in [1.165, 1.54) is 0 Å². The number of likely N-dealkylation sites (tertiary alicyclic amines) is 1. The fraction of sp³-hybridized carbons (Fsp3) is 0.444. The van der Waals surface area contributed by atoms with Gasteiger partial charge in [0.15, 0.2) is 5.76 Å². The van der Waals surface area contributed by atoms with Gasteiger partial charge in [-0.2, -0.15) is 0 Å². The zero-order chi connectivity index (χ0) is 16.4. The Hall–Kier alpha value is -2.30. The Morgan fingerprint density at radius 1 is 1.30 bits per heavy atom. The molecule has 3 rings (SSSR count). The van der Waals surface area contributed by atoms with Gasteiger partial charge in [-0.3, -0.25) is 4.90 Å². The number of hydrogen-bond acceptors (Lipinski definition) is 4. The van der Waals surface area contributed by atoms with Gasteiger partial charge in [-0.1, -0.05) is 35.5 Å². The van der Waals surface area contributed by atoms with E-state index in [1.54, 1.807) is 4.90 Å². The Kier molecular flexibility index (Phi) is 4.11. The van der Waals surface area contributed by atoms with Crippen molar-refractivity contribution in [3.05, 3.63) is 42.2 Å². The number of amides is 1. The summed E-state index contributed by atoms with van der Waals surface area (Å²) >= 11 is 0. The van der Waals surface area contributed by atoms with E-state index < -0.39 is 5.60 Å². The average Bonchev–Trinajstić information content (AvgIpc) is 3.15. The summed E-state index contributed by atoms with van der Waals surface area (Å²) in [5.74, 6) is 0.715. The summed E-state index contributed by atoms with van der Waals surface area (Å²) in [7, 11) is 0. The molecule has 1 amide bonds. The highest BCUT2D eigenvalue weighted by Gasteiger charge is 2.35. The third kappa shape index (κ3) is 3.55.